The van der Waals surface area contributed by atoms with Crippen molar-refractivity contribution in [2.75, 3.05) is 12.4 Å². The van der Waals surface area contributed by atoms with Crippen molar-refractivity contribution in [1.29, 1.82) is 0 Å². The first-order valence-electron chi connectivity index (χ1n) is 6.76. The Morgan fingerprint density at radius 2 is 1.85 bits per heavy atom. The molecule has 20 heavy (non-hydrogen) atoms. The summed E-state index contributed by atoms with van der Waals surface area (Å²) >= 11 is 0. The van der Waals surface area contributed by atoms with Gasteiger partial charge in [0, 0.05) is 24.1 Å². The fourth-order valence-electron chi connectivity index (χ4n) is 2.11. The Kier molecular flexibility index (Phi) is 4.02. The van der Waals surface area contributed by atoms with Crippen LogP contribution in [-0.2, 0) is 0 Å². The number of anilines is 1. The topological polar surface area (TPSA) is 37.8 Å². The zero-order valence-electron chi connectivity index (χ0n) is 12.6. The molecule has 3 nitrogen and oxygen atoms in total. The molecule has 0 aliphatic carbocycles. The van der Waals surface area contributed by atoms with E-state index in [-0.39, 0.29) is 11.7 Å². The summed E-state index contributed by atoms with van der Waals surface area (Å²) in [4.78, 5) is 9.17. The van der Waals surface area contributed by atoms with Crippen LogP contribution in [0.1, 0.15) is 36.7 Å². The van der Waals surface area contributed by atoms with E-state index in [1.807, 2.05) is 20.0 Å². The lowest BCUT2D eigenvalue weighted by atomic mass is 10.0. The molecule has 0 aliphatic heterocycles. The van der Waals surface area contributed by atoms with Crippen LogP contribution < -0.4 is 5.32 Å². The molecule has 0 bridgehead atoms. The van der Waals surface area contributed by atoms with E-state index in [1.165, 1.54) is 6.07 Å². The van der Waals surface area contributed by atoms with Gasteiger partial charge in [0.2, 0.25) is 0 Å². The molecule has 1 aromatic carbocycles. The van der Waals surface area contributed by atoms with E-state index in [2.05, 4.69) is 29.1 Å². The molecular formula is C16H20FN3. The minimum atomic E-state index is -0.196. The molecule has 2 aromatic rings. The summed E-state index contributed by atoms with van der Waals surface area (Å²) in [5.74, 6) is 1.65. The number of halogens is 1. The first kappa shape index (κ1) is 14.4. The molecule has 0 unspecified atom stereocenters. The fourth-order valence-corrected chi connectivity index (χ4v) is 2.11. The average Bonchev–Trinajstić information content (AvgIpc) is 2.42. The summed E-state index contributed by atoms with van der Waals surface area (Å²) in [6.45, 7) is 7.86. The monoisotopic (exact) mass is 273 g/mol. The Morgan fingerprint density at radius 3 is 2.40 bits per heavy atom. The van der Waals surface area contributed by atoms with E-state index in [9.17, 15) is 4.39 Å². The summed E-state index contributed by atoms with van der Waals surface area (Å²) in [5, 5.41) is 3.10. The number of aryl methyl sites for hydroxylation is 1. The summed E-state index contributed by atoms with van der Waals surface area (Å²) in [5.41, 5.74) is 3.37. The Balaban J connectivity index is 2.65. The van der Waals surface area contributed by atoms with Crippen molar-refractivity contribution in [3.63, 3.8) is 0 Å². The van der Waals surface area contributed by atoms with Crippen molar-refractivity contribution in [2.24, 2.45) is 0 Å². The van der Waals surface area contributed by atoms with Crippen molar-refractivity contribution < 1.29 is 4.39 Å². The number of benzene rings is 1. The van der Waals surface area contributed by atoms with Gasteiger partial charge in [-0.2, -0.15) is 0 Å². The molecule has 4 heteroatoms. The predicted octanol–water partition coefficient (Wildman–Crippen LogP) is 4.06. The lowest BCUT2D eigenvalue weighted by Crippen LogP contribution is -2.06. The number of aromatic nitrogens is 2. The van der Waals surface area contributed by atoms with Gasteiger partial charge in [0.1, 0.15) is 17.5 Å². The van der Waals surface area contributed by atoms with E-state index in [4.69, 9.17) is 0 Å². The Morgan fingerprint density at radius 1 is 1.15 bits per heavy atom. The maximum atomic E-state index is 13.4. The van der Waals surface area contributed by atoms with Crippen LogP contribution in [0.5, 0.6) is 0 Å². The Bertz CT molecular complexity index is 636. The van der Waals surface area contributed by atoms with Crippen LogP contribution in [0.4, 0.5) is 10.2 Å². The SMILES string of the molecule is CNc1nc(C(C)C)nc(-c2ccc(F)c(C)c2)c1C. The van der Waals surface area contributed by atoms with Crippen LogP contribution in [0.25, 0.3) is 11.3 Å². The summed E-state index contributed by atoms with van der Waals surface area (Å²) in [6.07, 6.45) is 0. The van der Waals surface area contributed by atoms with E-state index < -0.39 is 0 Å². The quantitative estimate of drug-likeness (QED) is 0.916. The fraction of sp³-hybridized carbons (Fsp3) is 0.375. The number of nitrogens with zero attached hydrogens (tertiary/aromatic N) is 2. The highest BCUT2D eigenvalue weighted by Crippen LogP contribution is 2.28. The molecule has 0 saturated heterocycles. The predicted molar refractivity (Wildman–Crippen MR) is 80.5 cm³/mol. The number of hydrogen-bond donors (Lipinski definition) is 1. The third kappa shape index (κ3) is 2.64. The molecule has 0 fully saturated rings. The average molecular weight is 273 g/mol. The molecule has 0 radical (unpaired) electrons. The van der Waals surface area contributed by atoms with Gasteiger partial charge in [0.15, 0.2) is 0 Å². The number of rotatable bonds is 3. The van der Waals surface area contributed by atoms with Crippen LogP contribution in [0.15, 0.2) is 18.2 Å². The highest BCUT2D eigenvalue weighted by Gasteiger charge is 2.14. The van der Waals surface area contributed by atoms with Gasteiger partial charge in [-0.3, -0.25) is 0 Å². The molecular weight excluding hydrogens is 253 g/mol. The first-order valence-corrected chi connectivity index (χ1v) is 6.76. The number of hydrogen-bond acceptors (Lipinski definition) is 3. The van der Waals surface area contributed by atoms with Gasteiger partial charge in [0.05, 0.1) is 5.69 Å². The summed E-state index contributed by atoms with van der Waals surface area (Å²) < 4.78 is 13.4. The summed E-state index contributed by atoms with van der Waals surface area (Å²) in [7, 11) is 1.85. The van der Waals surface area contributed by atoms with Crippen LogP contribution in [0, 0.1) is 19.7 Å². The van der Waals surface area contributed by atoms with Crippen molar-refractivity contribution in [1.82, 2.24) is 9.97 Å². The van der Waals surface area contributed by atoms with Gasteiger partial charge in [-0.05, 0) is 37.6 Å². The van der Waals surface area contributed by atoms with Crippen LogP contribution in [0.2, 0.25) is 0 Å². The van der Waals surface area contributed by atoms with Gasteiger partial charge in [-0.15, -0.1) is 0 Å². The lowest BCUT2D eigenvalue weighted by molar-refractivity contribution is 0.618. The lowest BCUT2D eigenvalue weighted by Gasteiger charge is -2.14. The molecule has 0 spiro atoms. The molecule has 2 rings (SSSR count). The van der Waals surface area contributed by atoms with Crippen molar-refractivity contribution >= 4 is 5.82 Å². The van der Waals surface area contributed by atoms with Gasteiger partial charge in [-0.1, -0.05) is 13.8 Å². The minimum Gasteiger partial charge on any atom is -0.373 e. The molecule has 1 aromatic heterocycles. The molecule has 106 valence electrons. The second-order valence-electron chi connectivity index (χ2n) is 5.27. The molecule has 0 saturated carbocycles. The third-order valence-electron chi connectivity index (χ3n) is 3.35. The van der Waals surface area contributed by atoms with Crippen LogP contribution in [-0.4, -0.2) is 17.0 Å². The van der Waals surface area contributed by atoms with Crippen molar-refractivity contribution in [3.05, 3.63) is 41.0 Å². The van der Waals surface area contributed by atoms with Gasteiger partial charge in [0.25, 0.3) is 0 Å². The van der Waals surface area contributed by atoms with Gasteiger partial charge >= 0.3 is 0 Å². The third-order valence-corrected chi connectivity index (χ3v) is 3.35. The zero-order valence-corrected chi connectivity index (χ0v) is 12.6. The standard InChI is InChI=1S/C16H20FN3/c1-9(2)15-19-14(11(4)16(18-5)20-15)12-6-7-13(17)10(3)8-12/h6-9H,1-5H3,(H,18,19,20). The largest absolute Gasteiger partial charge is 0.373 e. The van der Waals surface area contributed by atoms with Crippen LogP contribution in [0.3, 0.4) is 0 Å². The van der Waals surface area contributed by atoms with E-state index in [0.717, 1.165) is 28.5 Å². The highest BCUT2D eigenvalue weighted by atomic mass is 19.1. The minimum absolute atomic E-state index is 0.196. The van der Waals surface area contributed by atoms with Crippen molar-refractivity contribution in [2.45, 2.75) is 33.6 Å². The van der Waals surface area contributed by atoms with E-state index >= 15 is 0 Å². The molecule has 1 heterocycles. The molecule has 0 aliphatic rings. The Labute approximate surface area is 119 Å². The normalized spacial score (nSPS) is 10.9. The maximum Gasteiger partial charge on any atom is 0.133 e. The number of nitrogens with one attached hydrogen (secondary N) is 1. The van der Waals surface area contributed by atoms with Crippen molar-refractivity contribution in [3.8, 4) is 11.3 Å². The molecule has 0 atom stereocenters. The second kappa shape index (κ2) is 5.57. The van der Waals surface area contributed by atoms with E-state index in [0.29, 0.717) is 5.56 Å². The van der Waals surface area contributed by atoms with Crippen LogP contribution >= 0.6 is 0 Å². The summed E-state index contributed by atoms with van der Waals surface area (Å²) in [6, 6.07) is 5.08. The second-order valence-corrected chi connectivity index (χ2v) is 5.27. The van der Waals surface area contributed by atoms with E-state index in [1.54, 1.807) is 13.0 Å². The highest BCUT2D eigenvalue weighted by molar-refractivity contribution is 5.68. The first-order chi connectivity index (χ1) is 9.43. The van der Waals surface area contributed by atoms with Gasteiger partial charge < -0.3 is 5.32 Å². The molecule has 1 N–H and O–H groups in total. The Hall–Kier alpha value is -1.97. The maximum absolute atomic E-state index is 13.4. The molecule has 0 amide bonds. The smallest absolute Gasteiger partial charge is 0.133 e. The van der Waals surface area contributed by atoms with Gasteiger partial charge in [-0.25, -0.2) is 14.4 Å². The zero-order chi connectivity index (χ0) is 14.9.